The Morgan fingerprint density at radius 3 is 3.00 bits per heavy atom. The molecule has 104 valence electrons. The number of nitrogens with zero attached hydrogens (tertiary/aromatic N) is 2. The van der Waals surface area contributed by atoms with E-state index in [0.29, 0.717) is 12.5 Å². The van der Waals surface area contributed by atoms with Crippen molar-refractivity contribution in [2.75, 3.05) is 11.4 Å². The van der Waals surface area contributed by atoms with Crippen molar-refractivity contribution in [3.63, 3.8) is 0 Å². The fraction of sp³-hybridized carbons (Fsp3) is 0.400. The predicted octanol–water partition coefficient (Wildman–Crippen LogP) is 3.31. The second-order valence-corrected chi connectivity index (χ2v) is 6.52. The molecule has 1 aromatic heterocycles. The van der Waals surface area contributed by atoms with Crippen LogP contribution in [0.15, 0.2) is 18.2 Å². The number of fused-ring (bicyclic) bond motifs is 1. The number of anilines is 2. The molecule has 2 N–H and O–H groups in total. The zero-order valence-electron chi connectivity index (χ0n) is 11.1. The summed E-state index contributed by atoms with van der Waals surface area (Å²) in [4.78, 5) is 8.12. The first-order valence-electron chi connectivity index (χ1n) is 7.02. The molecule has 20 heavy (non-hydrogen) atoms. The van der Waals surface area contributed by atoms with Crippen molar-refractivity contribution in [3.05, 3.63) is 40.2 Å². The van der Waals surface area contributed by atoms with Gasteiger partial charge in [-0.3, -0.25) is 0 Å². The molecule has 3 nitrogen and oxygen atoms in total. The molecule has 0 unspecified atom stereocenters. The van der Waals surface area contributed by atoms with E-state index in [0.717, 1.165) is 23.8 Å². The van der Waals surface area contributed by atoms with Gasteiger partial charge in [-0.05, 0) is 37.0 Å². The smallest absolute Gasteiger partial charge is 0.190 e. The Hall–Kier alpha value is -1.46. The molecule has 0 bridgehead atoms. The van der Waals surface area contributed by atoms with Crippen LogP contribution < -0.4 is 10.6 Å². The van der Waals surface area contributed by atoms with Crippen molar-refractivity contribution in [3.8, 4) is 0 Å². The molecule has 0 saturated heterocycles. The summed E-state index contributed by atoms with van der Waals surface area (Å²) in [5.74, 6) is 0.418. The van der Waals surface area contributed by atoms with E-state index in [9.17, 15) is 4.39 Å². The molecule has 0 spiro atoms. The summed E-state index contributed by atoms with van der Waals surface area (Å²) in [6, 6.07) is 5.03. The number of aromatic nitrogens is 1. The van der Waals surface area contributed by atoms with Crippen LogP contribution in [-0.2, 0) is 13.0 Å². The molecule has 2 aliphatic rings. The van der Waals surface area contributed by atoms with Gasteiger partial charge in [0.15, 0.2) is 5.13 Å². The first-order valence-corrected chi connectivity index (χ1v) is 7.83. The highest BCUT2D eigenvalue weighted by atomic mass is 32.1. The fourth-order valence-corrected chi connectivity index (χ4v) is 3.90. The third kappa shape index (κ3) is 1.93. The van der Waals surface area contributed by atoms with Crippen LogP contribution in [0.3, 0.4) is 0 Å². The van der Waals surface area contributed by atoms with E-state index in [4.69, 9.17) is 10.7 Å². The van der Waals surface area contributed by atoms with Crippen molar-refractivity contribution in [2.24, 2.45) is 5.73 Å². The molecule has 1 aromatic carbocycles. The van der Waals surface area contributed by atoms with Gasteiger partial charge in [0.2, 0.25) is 0 Å². The lowest BCUT2D eigenvalue weighted by atomic mass is 10.2. The highest BCUT2D eigenvalue weighted by Crippen LogP contribution is 2.46. The van der Waals surface area contributed by atoms with Gasteiger partial charge in [-0.1, -0.05) is 17.4 Å². The molecule has 0 atom stereocenters. The van der Waals surface area contributed by atoms with Gasteiger partial charge in [0.25, 0.3) is 0 Å². The van der Waals surface area contributed by atoms with Crippen molar-refractivity contribution >= 4 is 22.2 Å². The highest BCUT2D eigenvalue weighted by molar-refractivity contribution is 7.15. The monoisotopic (exact) mass is 289 g/mol. The SMILES string of the molecule is NCc1sc(N2CCc3ccc(F)cc32)nc1C1CC1. The minimum Gasteiger partial charge on any atom is -0.326 e. The Labute approximate surface area is 121 Å². The molecule has 1 aliphatic carbocycles. The Kier molecular flexibility index (Phi) is 2.79. The first kappa shape index (κ1) is 12.3. The molecule has 4 rings (SSSR count). The molecule has 5 heteroatoms. The quantitative estimate of drug-likeness (QED) is 0.942. The normalized spacial score (nSPS) is 17.6. The summed E-state index contributed by atoms with van der Waals surface area (Å²) >= 11 is 1.66. The van der Waals surface area contributed by atoms with Crippen LogP contribution in [0.5, 0.6) is 0 Å². The van der Waals surface area contributed by atoms with Crippen LogP contribution in [0.1, 0.15) is 34.9 Å². The summed E-state index contributed by atoms with van der Waals surface area (Å²) in [5, 5.41) is 0.969. The summed E-state index contributed by atoms with van der Waals surface area (Å²) in [6.07, 6.45) is 3.40. The second kappa shape index (κ2) is 4.53. The van der Waals surface area contributed by atoms with E-state index in [1.54, 1.807) is 17.4 Å². The van der Waals surface area contributed by atoms with Crippen LogP contribution in [0.25, 0.3) is 0 Å². The lowest BCUT2D eigenvalue weighted by molar-refractivity contribution is 0.628. The number of thiazole rings is 1. The van der Waals surface area contributed by atoms with Gasteiger partial charge in [0.05, 0.1) is 5.69 Å². The molecular weight excluding hydrogens is 273 g/mol. The lowest BCUT2D eigenvalue weighted by Gasteiger charge is -2.15. The van der Waals surface area contributed by atoms with Crippen LogP contribution >= 0.6 is 11.3 Å². The molecule has 0 radical (unpaired) electrons. The van der Waals surface area contributed by atoms with Crippen molar-refractivity contribution in [1.29, 1.82) is 0 Å². The standard InChI is InChI=1S/C15H16FN3S/c16-11-4-3-9-5-6-19(12(9)7-11)15-18-14(10-1-2-10)13(8-17)20-15/h3-4,7,10H,1-2,5-6,8,17H2. The number of hydrogen-bond acceptors (Lipinski definition) is 4. The number of rotatable bonds is 3. The third-order valence-electron chi connectivity index (χ3n) is 4.04. The Morgan fingerprint density at radius 2 is 2.25 bits per heavy atom. The van der Waals surface area contributed by atoms with Gasteiger partial charge in [-0.15, -0.1) is 0 Å². The number of benzene rings is 1. The maximum atomic E-state index is 13.5. The van der Waals surface area contributed by atoms with Gasteiger partial charge in [-0.2, -0.15) is 0 Å². The summed E-state index contributed by atoms with van der Waals surface area (Å²) in [7, 11) is 0. The average molecular weight is 289 g/mol. The Bertz CT molecular complexity index is 663. The van der Waals surface area contributed by atoms with Crippen molar-refractivity contribution in [2.45, 2.75) is 31.7 Å². The number of nitrogens with two attached hydrogens (primary N) is 1. The van der Waals surface area contributed by atoms with Crippen LogP contribution in [0.4, 0.5) is 15.2 Å². The van der Waals surface area contributed by atoms with Crippen molar-refractivity contribution < 1.29 is 4.39 Å². The fourth-order valence-electron chi connectivity index (χ4n) is 2.84. The molecule has 1 saturated carbocycles. The molecular formula is C15H16FN3S. The van der Waals surface area contributed by atoms with E-state index < -0.39 is 0 Å². The van der Waals surface area contributed by atoms with Gasteiger partial charge in [0, 0.05) is 29.6 Å². The topological polar surface area (TPSA) is 42.1 Å². The maximum Gasteiger partial charge on any atom is 0.190 e. The van der Waals surface area contributed by atoms with E-state index in [1.165, 1.54) is 35.0 Å². The predicted molar refractivity (Wildman–Crippen MR) is 79.1 cm³/mol. The van der Waals surface area contributed by atoms with Gasteiger partial charge in [0.1, 0.15) is 5.82 Å². The minimum atomic E-state index is -0.186. The molecule has 0 amide bonds. The van der Waals surface area contributed by atoms with E-state index in [2.05, 4.69) is 4.90 Å². The molecule has 1 fully saturated rings. The van der Waals surface area contributed by atoms with E-state index in [1.807, 2.05) is 6.07 Å². The third-order valence-corrected chi connectivity index (χ3v) is 5.16. The van der Waals surface area contributed by atoms with Crippen LogP contribution in [-0.4, -0.2) is 11.5 Å². The maximum absolute atomic E-state index is 13.5. The minimum absolute atomic E-state index is 0.186. The van der Waals surface area contributed by atoms with Crippen LogP contribution in [0.2, 0.25) is 0 Å². The number of hydrogen-bond donors (Lipinski definition) is 1. The molecule has 2 aromatic rings. The largest absolute Gasteiger partial charge is 0.326 e. The molecule has 2 heterocycles. The average Bonchev–Trinajstić information content (AvgIpc) is 3.07. The summed E-state index contributed by atoms with van der Waals surface area (Å²) in [5.41, 5.74) is 9.18. The lowest BCUT2D eigenvalue weighted by Crippen LogP contribution is -2.13. The second-order valence-electron chi connectivity index (χ2n) is 5.46. The zero-order chi connectivity index (χ0) is 13.7. The van der Waals surface area contributed by atoms with Gasteiger partial charge in [-0.25, -0.2) is 9.37 Å². The summed E-state index contributed by atoms with van der Waals surface area (Å²) < 4.78 is 13.5. The number of halogens is 1. The Morgan fingerprint density at radius 1 is 1.40 bits per heavy atom. The van der Waals surface area contributed by atoms with E-state index in [-0.39, 0.29) is 5.82 Å². The molecule has 1 aliphatic heterocycles. The first-order chi connectivity index (χ1) is 9.76. The van der Waals surface area contributed by atoms with Crippen molar-refractivity contribution in [1.82, 2.24) is 4.98 Å². The Balaban J connectivity index is 1.74. The summed E-state index contributed by atoms with van der Waals surface area (Å²) in [6.45, 7) is 1.42. The highest BCUT2D eigenvalue weighted by Gasteiger charge is 2.31. The van der Waals surface area contributed by atoms with E-state index >= 15 is 0 Å². The zero-order valence-corrected chi connectivity index (χ0v) is 11.9. The van der Waals surface area contributed by atoms with Gasteiger partial charge >= 0.3 is 0 Å². The van der Waals surface area contributed by atoms with Gasteiger partial charge < -0.3 is 10.6 Å². The van der Waals surface area contributed by atoms with Crippen LogP contribution in [0, 0.1) is 5.82 Å².